The standard InChI is InChI=1S/C8H14O8/c9-1-2(10)3(11)4(12)7-5(13)6(14)8(15)16-7/h2-7,9-14H,1H2/t2-,3-,4?,5-,6+,7+/m0/s1. The Labute approximate surface area is 90.3 Å². The lowest BCUT2D eigenvalue weighted by Gasteiger charge is -2.26. The minimum Gasteiger partial charge on any atom is -0.455 e. The summed E-state index contributed by atoms with van der Waals surface area (Å²) in [5, 5.41) is 54.6. The minimum absolute atomic E-state index is 0.808. The number of carbonyl (C=O) groups is 1. The summed E-state index contributed by atoms with van der Waals surface area (Å²) >= 11 is 0. The van der Waals surface area contributed by atoms with E-state index in [1.54, 1.807) is 0 Å². The summed E-state index contributed by atoms with van der Waals surface area (Å²) in [5.41, 5.74) is 0. The van der Waals surface area contributed by atoms with Gasteiger partial charge in [-0.3, -0.25) is 0 Å². The van der Waals surface area contributed by atoms with Gasteiger partial charge < -0.3 is 35.4 Å². The Morgan fingerprint density at radius 3 is 2.19 bits per heavy atom. The van der Waals surface area contributed by atoms with E-state index in [2.05, 4.69) is 4.74 Å². The number of carbonyl (C=O) groups excluding carboxylic acids is 1. The van der Waals surface area contributed by atoms with Gasteiger partial charge in [0.25, 0.3) is 0 Å². The maximum atomic E-state index is 10.8. The molecule has 6 N–H and O–H groups in total. The van der Waals surface area contributed by atoms with Crippen LogP contribution in [0.1, 0.15) is 0 Å². The lowest BCUT2D eigenvalue weighted by Crippen LogP contribution is -2.50. The van der Waals surface area contributed by atoms with E-state index in [1.807, 2.05) is 0 Å². The first kappa shape index (κ1) is 13.3. The highest BCUT2D eigenvalue weighted by Crippen LogP contribution is 2.21. The van der Waals surface area contributed by atoms with Gasteiger partial charge in [0.2, 0.25) is 0 Å². The smallest absolute Gasteiger partial charge is 0.338 e. The van der Waals surface area contributed by atoms with Crippen LogP contribution in [0.2, 0.25) is 0 Å². The number of hydrogen-bond acceptors (Lipinski definition) is 8. The summed E-state index contributed by atoms with van der Waals surface area (Å²) < 4.78 is 4.42. The monoisotopic (exact) mass is 238 g/mol. The molecule has 0 aromatic rings. The van der Waals surface area contributed by atoms with Crippen molar-refractivity contribution in [1.82, 2.24) is 0 Å². The van der Waals surface area contributed by atoms with Crippen LogP contribution in [0.15, 0.2) is 0 Å². The highest BCUT2D eigenvalue weighted by atomic mass is 16.6. The molecule has 0 radical (unpaired) electrons. The molecule has 0 bridgehead atoms. The van der Waals surface area contributed by atoms with Crippen molar-refractivity contribution in [3.05, 3.63) is 0 Å². The van der Waals surface area contributed by atoms with Gasteiger partial charge in [0.1, 0.15) is 24.4 Å². The molecule has 94 valence electrons. The number of aliphatic hydroxyl groups excluding tert-OH is 6. The topological polar surface area (TPSA) is 148 Å². The maximum Gasteiger partial charge on any atom is 0.338 e. The Morgan fingerprint density at radius 2 is 1.81 bits per heavy atom. The molecule has 8 nitrogen and oxygen atoms in total. The third kappa shape index (κ3) is 2.32. The van der Waals surface area contributed by atoms with Crippen molar-refractivity contribution < 1.29 is 40.2 Å². The molecule has 1 heterocycles. The van der Waals surface area contributed by atoms with E-state index < -0.39 is 49.2 Å². The molecule has 1 rings (SSSR count). The zero-order chi connectivity index (χ0) is 12.5. The number of esters is 1. The Balaban J connectivity index is 2.68. The average molecular weight is 238 g/mol. The second-order valence-electron chi connectivity index (χ2n) is 3.57. The van der Waals surface area contributed by atoms with E-state index in [4.69, 9.17) is 15.3 Å². The molecular formula is C8H14O8. The minimum atomic E-state index is -1.81. The molecule has 1 aliphatic rings. The van der Waals surface area contributed by atoms with Gasteiger partial charge in [-0.15, -0.1) is 0 Å². The van der Waals surface area contributed by atoms with Gasteiger partial charge in [-0.2, -0.15) is 0 Å². The summed E-state index contributed by atoms with van der Waals surface area (Å²) in [4.78, 5) is 10.8. The van der Waals surface area contributed by atoms with Crippen LogP contribution in [-0.2, 0) is 9.53 Å². The molecular weight excluding hydrogens is 224 g/mol. The largest absolute Gasteiger partial charge is 0.455 e. The first-order valence-corrected chi connectivity index (χ1v) is 4.61. The predicted molar refractivity (Wildman–Crippen MR) is 47.0 cm³/mol. The van der Waals surface area contributed by atoms with Crippen LogP contribution >= 0.6 is 0 Å². The summed E-state index contributed by atoms with van der Waals surface area (Å²) in [6, 6.07) is 0. The van der Waals surface area contributed by atoms with Crippen molar-refractivity contribution in [2.45, 2.75) is 36.6 Å². The van der Waals surface area contributed by atoms with Crippen molar-refractivity contribution in [2.75, 3.05) is 6.61 Å². The van der Waals surface area contributed by atoms with Crippen LogP contribution in [0.25, 0.3) is 0 Å². The van der Waals surface area contributed by atoms with E-state index in [0.29, 0.717) is 0 Å². The molecule has 8 heteroatoms. The fraction of sp³-hybridized carbons (Fsp3) is 0.875. The summed E-state index contributed by atoms with van der Waals surface area (Å²) in [7, 11) is 0. The van der Waals surface area contributed by atoms with E-state index in [1.165, 1.54) is 0 Å². The molecule has 0 saturated carbocycles. The van der Waals surface area contributed by atoms with Crippen LogP contribution in [0.3, 0.4) is 0 Å². The second-order valence-corrected chi connectivity index (χ2v) is 3.57. The van der Waals surface area contributed by atoms with Crippen molar-refractivity contribution in [2.24, 2.45) is 0 Å². The lowest BCUT2D eigenvalue weighted by molar-refractivity contribution is -0.159. The maximum absolute atomic E-state index is 10.8. The van der Waals surface area contributed by atoms with Gasteiger partial charge in [-0.05, 0) is 0 Å². The third-order valence-corrected chi connectivity index (χ3v) is 2.42. The molecule has 0 aromatic heterocycles. The van der Waals surface area contributed by atoms with Crippen LogP contribution in [0.4, 0.5) is 0 Å². The molecule has 0 amide bonds. The predicted octanol–water partition coefficient (Wildman–Crippen LogP) is -4.29. The molecule has 0 spiro atoms. The molecule has 6 atom stereocenters. The highest BCUT2D eigenvalue weighted by Gasteiger charge is 2.48. The van der Waals surface area contributed by atoms with Gasteiger partial charge in [0, 0.05) is 0 Å². The Morgan fingerprint density at radius 1 is 1.25 bits per heavy atom. The summed E-state index contributed by atoms with van der Waals surface area (Å²) in [5.74, 6) is -1.12. The van der Waals surface area contributed by atoms with E-state index in [-0.39, 0.29) is 0 Å². The van der Waals surface area contributed by atoms with E-state index >= 15 is 0 Å². The van der Waals surface area contributed by atoms with E-state index in [0.717, 1.165) is 0 Å². The van der Waals surface area contributed by atoms with Crippen LogP contribution in [-0.4, -0.2) is 79.8 Å². The third-order valence-electron chi connectivity index (χ3n) is 2.42. The fourth-order valence-electron chi connectivity index (χ4n) is 1.39. The number of hydrogen-bond donors (Lipinski definition) is 6. The van der Waals surface area contributed by atoms with Gasteiger partial charge in [0.05, 0.1) is 6.61 Å². The fourth-order valence-corrected chi connectivity index (χ4v) is 1.39. The molecule has 0 aliphatic carbocycles. The number of rotatable bonds is 4. The molecule has 1 aliphatic heterocycles. The number of aliphatic hydroxyl groups is 6. The first-order chi connectivity index (χ1) is 7.40. The van der Waals surface area contributed by atoms with Crippen LogP contribution in [0, 0.1) is 0 Å². The van der Waals surface area contributed by atoms with Crippen molar-refractivity contribution >= 4 is 5.97 Å². The Bertz CT molecular complexity index is 256. The zero-order valence-electron chi connectivity index (χ0n) is 8.17. The van der Waals surface area contributed by atoms with Gasteiger partial charge in [-0.25, -0.2) is 4.79 Å². The van der Waals surface area contributed by atoms with Gasteiger partial charge >= 0.3 is 5.97 Å². The van der Waals surface area contributed by atoms with Crippen molar-refractivity contribution in [3.63, 3.8) is 0 Å². The average Bonchev–Trinajstić information content (AvgIpc) is 2.54. The van der Waals surface area contributed by atoms with E-state index in [9.17, 15) is 20.1 Å². The number of cyclic esters (lactones) is 1. The first-order valence-electron chi connectivity index (χ1n) is 4.61. The Hall–Kier alpha value is -0.770. The molecule has 1 unspecified atom stereocenters. The quantitative estimate of drug-likeness (QED) is 0.269. The second kappa shape index (κ2) is 5.04. The van der Waals surface area contributed by atoms with Gasteiger partial charge in [0.15, 0.2) is 12.2 Å². The van der Waals surface area contributed by atoms with Crippen LogP contribution < -0.4 is 0 Å². The summed E-state index contributed by atoms with van der Waals surface area (Å²) in [6.07, 6.45) is -10.3. The van der Waals surface area contributed by atoms with Crippen LogP contribution in [0.5, 0.6) is 0 Å². The Kier molecular flexibility index (Phi) is 4.19. The van der Waals surface area contributed by atoms with Crippen molar-refractivity contribution in [3.8, 4) is 0 Å². The molecule has 0 aromatic carbocycles. The van der Waals surface area contributed by atoms with Gasteiger partial charge in [-0.1, -0.05) is 0 Å². The lowest BCUT2D eigenvalue weighted by atomic mass is 9.99. The number of ether oxygens (including phenoxy) is 1. The normalized spacial score (nSPS) is 35.6. The summed E-state index contributed by atoms with van der Waals surface area (Å²) in [6.45, 7) is -0.808. The zero-order valence-corrected chi connectivity index (χ0v) is 8.17. The molecule has 1 fully saturated rings. The van der Waals surface area contributed by atoms with Crippen molar-refractivity contribution in [1.29, 1.82) is 0 Å². The molecule has 1 saturated heterocycles. The SMILES string of the molecule is O=C1O[C@H](C(O)[C@@H](O)[C@@H](O)CO)[C@@H](O)[C@H]1O. The molecule has 16 heavy (non-hydrogen) atoms. The highest BCUT2D eigenvalue weighted by molar-refractivity contribution is 5.77.